The van der Waals surface area contributed by atoms with Gasteiger partial charge in [0.2, 0.25) is 0 Å². The molecular formula is C21H23BrN4O. The predicted molar refractivity (Wildman–Crippen MR) is 109 cm³/mol. The van der Waals surface area contributed by atoms with Gasteiger partial charge in [-0.3, -0.25) is 4.79 Å². The van der Waals surface area contributed by atoms with E-state index in [4.69, 9.17) is 0 Å². The summed E-state index contributed by atoms with van der Waals surface area (Å²) in [4.78, 5) is 17.4. The Labute approximate surface area is 167 Å². The number of fused-ring (bicyclic) bond motifs is 1. The van der Waals surface area contributed by atoms with E-state index in [1.165, 1.54) is 12.8 Å². The molecule has 27 heavy (non-hydrogen) atoms. The zero-order valence-corrected chi connectivity index (χ0v) is 17.2. The molecule has 1 aliphatic heterocycles. The second-order valence-corrected chi connectivity index (χ2v) is 7.99. The lowest BCUT2D eigenvalue weighted by Crippen LogP contribution is -2.23. The Morgan fingerprint density at radius 3 is 2.74 bits per heavy atom. The average Bonchev–Trinajstić information content (AvgIpc) is 3.21. The highest BCUT2D eigenvalue weighted by Gasteiger charge is 2.18. The molecule has 4 rings (SSSR count). The van der Waals surface area contributed by atoms with Crippen molar-refractivity contribution in [2.75, 3.05) is 0 Å². The Morgan fingerprint density at radius 1 is 1.22 bits per heavy atom. The second kappa shape index (κ2) is 7.35. The molecule has 6 heteroatoms. The number of halogens is 1. The molecule has 5 nitrogen and oxygen atoms in total. The van der Waals surface area contributed by atoms with Crippen LogP contribution >= 0.6 is 15.9 Å². The molecule has 0 fully saturated rings. The van der Waals surface area contributed by atoms with Crippen molar-refractivity contribution in [3.8, 4) is 5.69 Å². The lowest BCUT2D eigenvalue weighted by molar-refractivity contribution is 0.0950. The highest BCUT2D eigenvalue weighted by Crippen LogP contribution is 2.22. The van der Waals surface area contributed by atoms with E-state index >= 15 is 0 Å². The third-order valence-corrected chi connectivity index (χ3v) is 5.68. The van der Waals surface area contributed by atoms with Gasteiger partial charge >= 0.3 is 0 Å². The molecule has 0 atom stereocenters. The average molecular weight is 427 g/mol. The highest BCUT2D eigenvalue weighted by atomic mass is 79.9. The van der Waals surface area contributed by atoms with Crippen LogP contribution in [0.25, 0.3) is 5.69 Å². The first-order chi connectivity index (χ1) is 13.0. The number of hydrogen-bond donors (Lipinski definition) is 1. The monoisotopic (exact) mass is 426 g/mol. The summed E-state index contributed by atoms with van der Waals surface area (Å²) in [5, 5.41) is 3.03. The third-order valence-electron chi connectivity index (χ3n) is 5.15. The molecular weight excluding hydrogens is 404 g/mol. The van der Waals surface area contributed by atoms with Crippen LogP contribution in [0, 0.1) is 13.8 Å². The molecule has 1 aliphatic rings. The summed E-state index contributed by atoms with van der Waals surface area (Å²) in [6.45, 7) is 5.50. The van der Waals surface area contributed by atoms with Crippen molar-refractivity contribution in [3.63, 3.8) is 0 Å². The van der Waals surface area contributed by atoms with E-state index in [0.29, 0.717) is 12.1 Å². The summed E-state index contributed by atoms with van der Waals surface area (Å²) >= 11 is 3.47. The van der Waals surface area contributed by atoms with Crippen molar-refractivity contribution in [2.45, 2.75) is 46.2 Å². The normalized spacial score (nSPS) is 13.4. The van der Waals surface area contributed by atoms with Gasteiger partial charge in [0, 0.05) is 40.7 Å². The fourth-order valence-corrected chi connectivity index (χ4v) is 4.07. The fourth-order valence-electron chi connectivity index (χ4n) is 3.80. The minimum atomic E-state index is -0.0579. The van der Waals surface area contributed by atoms with Gasteiger partial charge in [0.25, 0.3) is 5.91 Å². The van der Waals surface area contributed by atoms with Gasteiger partial charge in [0.1, 0.15) is 5.82 Å². The van der Waals surface area contributed by atoms with Gasteiger partial charge in [-0.1, -0.05) is 15.9 Å². The summed E-state index contributed by atoms with van der Waals surface area (Å²) in [6.07, 6.45) is 5.50. The van der Waals surface area contributed by atoms with E-state index in [2.05, 4.69) is 41.6 Å². The first-order valence-corrected chi connectivity index (χ1v) is 10.1. The Hall–Kier alpha value is -2.34. The van der Waals surface area contributed by atoms with Crippen molar-refractivity contribution >= 4 is 21.8 Å². The zero-order valence-electron chi connectivity index (χ0n) is 15.6. The van der Waals surface area contributed by atoms with E-state index in [1.807, 2.05) is 44.2 Å². The molecule has 0 unspecified atom stereocenters. The molecule has 1 aromatic carbocycles. The summed E-state index contributed by atoms with van der Waals surface area (Å²) in [7, 11) is 0. The zero-order chi connectivity index (χ0) is 19.0. The minimum Gasteiger partial charge on any atom is -0.346 e. The molecule has 0 saturated heterocycles. The number of benzene rings is 1. The first kappa shape index (κ1) is 18.0. The van der Waals surface area contributed by atoms with Crippen molar-refractivity contribution in [3.05, 3.63) is 69.5 Å². The number of hydrogen-bond acceptors (Lipinski definition) is 2. The van der Waals surface area contributed by atoms with Gasteiger partial charge in [0.15, 0.2) is 0 Å². The summed E-state index contributed by atoms with van der Waals surface area (Å²) in [6, 6.07) is 10.1. The fraction of sp³-hybridized carbons (Fsp3) is 0.333. The van der Waals surface area contributed by atoms with Gasteiger partial charge in [0.05, 0.1) is 17.8 Å². The van der Waals surface area contributed by atoms with Crippen LogP contribution in [-0.4, -0.2) is 20.0 Å². The van der Waals surface area contributed by atoms with Crippen LogP contribution < -0.4 is 5.32 Å². The number of amides is 1. The highest BCUT2D eigenvalue weighted by molar-refractivity contribution is 9.10. The van der Waals surface area contributed by atoms with E-state index in [0.717, 1.165) is 46.0 Å². The molecule has 0 aliphatic carbocycles. The van der Waals surface area contributed by atoms with Crippen LogP contribution in [0.4, 0.5) is 0 Å². The molecule has 0 bridgehead atoms. The van der Waals surface area contributed by atoms with E-state index in [9.17, 15) is 4.79 Å². The van der Waals surface area contributed by atoms with Crippen LogP contribution in [0.2, 0.25) is 0 Å². The number of nitrogens with one attached hydrogen (secondary N) is 1. The maximum absolute atomic E-state index is 12.8. The van der Waals surface area contributed by atoms with Gasteiger partial charge in [-0.05, 0) is 57.0 Å². The predicted octanol–water partition coefficient (Wildman–Crippen LogP) is 4.32. The molecule has 1 N–H and O–H groups in total. The molecule has 0 spiro atoms. The van der Waals surface area contributed by atoms with Crippen LogP contribution in [0.15, 0.2) is 41.0 Å². The van der Waals surface area contributed by atoms with Crippen molar-refractivity contribution in [2.24, 2.45) is 0 Å². The van der Waals surface area contributed by atoms with Crippen LogP contribution in [0.5, 0.6) is 0 Å². The van der Waals surface area contributed by atoms with E-state index < -0.39 is 0 Å². The number of aryl methyl sites for hydroxylation is 3. The topological polar surface area (TPSA) is 51.9 Å². The standard InChI is InChI=1S/C21H23BrN4O/c1-14-11-19(15(2)26(14)18-8-6-16(22)7-9-18)21(27)23-12-17-13-25-10-4-3-5-20(25)24-17/h6-9,11,13H,3-5,10,12H2,1-2H3,(H,23,27). The Bertz CT molecular complexity index is 961. The van der Waals surface area contributed by atoms with E-state index in [1.54, 1.807) is 0 Å². The number of nitrogens with zero attached hydrogens (tertiary/aromatic N) is 3. The summed E-state index contributed by atoms with van der Waals surface area (Å²) < 4.78 is 5.36. The summed E-state index contributed by atoms with van der Waals surface area (Å²) in [5.74, 6) is 1.08. The number of carbonyl (C=O) groups excluding carboxylic acids is 1. The third kappa shape index (κ3) is 3.58. The maximum atomic E-state index is 12.8. The minimum absolute atomic E-state index is 0.0579. The Kier molecular flexibility index (Phi) is 4.91. The first-order valence-electron chi connectivity index (χ1n) is 9.31. The van der Waals surface area contributed by atoms with Crippen molar-refractivity contribution in [1.29, 1.82) is 0 Å². The number of imidazole rings is 1. The summed E-state index contributed by atoms with van der Waals surface area (Å²) in [5.41, 5.74) is 4.67. The van der Waals surface area contributed by atoms with Gasteiger partial charge in [-0.25, -0.2) is 4.98 Å². The van der Waals surface area contributed by atoms with Gasteiger partial charge < -0.3 is 14.5 Å². The molecule has 3 aromatic rings. The lowest BCUT2D eigenvalue weighted by atomic mass is 10.2. The van der Waals surface area contributed by atoms with E-state index in [-0.39, 0.29) is 5.91 Å². The number of rotatable bonds is 4. The van der Waals surface area contributed by atoms with Crippen LogP contribution in [-0.2, 0) is 19.5 Å². The van der Waals surface area contributed by atoms with Crippen molar-refractivity contribution < 1.29 is 4.79 Å². The molecule has 0 saturated carbocycles. The Morgan fingerprint density at radius 2 is 2.00 bits per heavy atom. The van der Waals surface area contributed by atoms with Crippen LogP contribution in [0.3, 0.4) is 0 Å². The SMILES string of the molecule is Cc1cc(C(=O)NCc2cn3c(n2)CCCC3)c(C)n1-c1ccc(Br)cc1. The molecule has 0 radical (unpaired) electrons. The van der Waals surface area contributed by atoms with Gasteiger partial charge in [-0.15, -0.1) is 0 Å². The molecule has 1 amide bonds. The second-order valence-electron chi connectivity index (χ2n) is 7.08. The lowest BCUT2D eigenvalue weighted by Gasteiger charge is -2.11. The Balaban J connectivity index is 1.51. The van der Waals surface area contributed by atoms with Crippen LogP contribution in [0.1, 0.15) is 46.1 Å². The number of aromatic nitrogens is 3. The smallest absolute Gasteiger partial charge is 0.253 e. The molecule has 2 aromatic heterocycles. The van der Waals surface area contributed by atoms with Gasteiger partial charge in [-0.2, -0.15) is 0 Å². The quantitative estimate of drug-likeness (QED) is 0.675. The molecule has 140 valence electrons. The number of carbonyl (C=O) groups is 1. The maximum Gasteiger partial charge on any atom is 0.253 e. The largest absolute Gasteiger partial charge is 0.346 e. The van der Waals surface area contributed by atoms with Crippen molar-refractivity contribution in [1.82, 2.24) is 19.4 Å². The molecule has 3 heterocycles.